The monoisotopic (exact) mass is 415 g/mol. The van der Waals surface area contributed by atoms with Gasteiger partial charge in [0.15, 0.2) is 9.84 Å². The molecule has 0 spiro atoms. The van der Waals surface area contributed by atoms with Crippen molar-refractivity contribution in [3.8, 4) is 0 Å². The molecule has 0 amide bonds. The lowest BCUT2D eigenvalue weighted by atomic mass is 10.2. The Labute approximate surface area is 158 Å². The highest BCUT2D eigenvalue weighted by atomic mass is 35.5. The maximum Gasteiger partial charge on any atom is 0.243 e. The highest BCUT2D eigenvalue weighted by molar-refractivity contribution is 7.92. The van der Waals surface area contributed by atoms with Crippen molar-refractivity contribution in [1.29, 1.82) is 0 Å². The van der Waals surface area contributed by atoms with Crippen LogP contribution in [0.4, 0.5) is 0 Å². The zero-order chi connectivity index (χ0) is 18.9. The zero-order valence-corrected chi connectivity index (χ0v) is 16.1. The number of nitrogens with zero attached hydrogens (tertiary/aromatic N) is 1. The van der Waals surface area contributed by atoms with E-state index in [9.17, 15) is 21.9 Å². The molecule has 0 saturated carbocycles. The van der Waals surface area contributed by atoms with E-state index in [-0.39, 0.29) is 11.4 Å². The van der Waals surface area contributed by atoms with Crippen LogP contribution in [0.1, 0.15) is 5.56 Å². The molecule has 6 nitrogen and oxygen atoms in total. The van der Waals surface area contributed by atoms with E-state index in [1.807, 2.05) is 0 Å². The molecule has 1 fully saturated rings. The third kappa shape index (κ3) is 4.10. The molecule has 2 aromatic rings. The molecule has 2 aromatic carbocycles. The molecule has 9 heteroatoms. The number of rotatable bonds is 5. The summed E-state index contributed by atoms with van der Waals surface area (Å²) < 4.78 is 51.2. The maximum absolute atomic E-state index is 13.2. The molecular weight excluding hydrogens is 398 g/mol. The summed E-state index contributed by atoms with van der Waals surface area (Å²) in [5, 5.41) is 10.6. The van der Waals surface area contributed by atoms with E-state index in [0.29, 0.717) is 10.6 Å². The van der Waals surface area contributed by atoms with Gasteiger partial charge in [0, 0.05) is 11.6 Å². The van der Waals surface area contributed by atoms with Crippen molar-refractivity contribution in [3.05, 3.63) is 65.2 Å². The Morgan fingerprint density at radius 2 is 1.65 bits per heavy atom. The van der Waals surface area contributed by atoms with E-state index < -0.39 is 43.5 Å². The lowest BCUT2D eigenvalue weighted by Gasteiger charge is -2.29. The van der Waals surface area contributed by atoms with E-state index >= 15 is 0 Å². The van der Waals surface area contributed by atoms with Crippen molar-refractivity contribution in [3.63, 3.8) is 0 Å². The number of hydrogen-bond acceptors (Lipinski definition) is 5. The smallest absolute Gasteiger partial charge is 0.243 e. The van der Waals surface area contributed by atoms with Gasteiger partial charge in [-0.05, 0) is 29.8 Å². The Bertz CT molecular complexity index is 976. The Morgan fingerprint density at radius 1 is 1.04 bits per heavy atom. The summed E-state index contributed by atoms with van der Waals surface area (Å²) in [4.78, 5) is -0.00525. The van der Waals surface area contributed by atoms with Crippen molar-refractivity contribution in [2.75, 3.05) is 11.5 Å². The summed E-state index contributed by atoms with van der Waals surface area (Å²) in [6.45, 7) is -0.0386. The van der Waals surface area contributed by atoms with Gasteiger partial charge < -0.3 is 5.11 Å². The van der Waals surface area contributed by atoms with E-state index in [0.717, 1.165) is 4.31 Å². The fraction of sp³-hybridized carbons (Fsp3) is 0.294. The number of halogens is 1. The average molecular weight is 416 g/mol. The minimum atomic E-state index is -4.03. The van der Waals surface area contributed by atoms with Crippen molar-refractivity contribution in [2.24, 2.45) is 0 Å². The van der Waals surface area contributed by atoms with Gasteiger partial charge in [-0.1, -0.05) is 41.9 Å². The van der Waals surface area contributed by atoms with Crippen LogP contribution in [-0.4, -0.2) is 49.9 Å². The molecule has 0 aromatic heterocycles. The highest BCUT2D eigenvalue weighted by Gasteiger charge is 2.44. The molecule has 140 valence electrons. The van der Waals surface area contributed by atoms with E-state index in [4.69, 9.17) is 11.6 Å². The number of hydrogen-bond donors (Lipinski definition) is 1. The molecule has 0 aliphatic carbocycles. The van der Waals surface area contributed by atoms with Gasteiger partial charge in [-0.3, -0.25) is 0 Å². The van der Waals surface area contributed by atoms with Crippen molar-refractivity contribution >= 4 is 31.5 Å². The van der Waals surface area contributed by atoms with Gasteiger partial charge in [0.1, 0.15) is 0 Å². The quantitative estimate of drug-likeness (QED) is 0.802. The molecule has 0 unspecified atom stereocenters. The Morgan fingerprint density at radius 3 is 2.19 bits per heavy atom. The second-order valence-electron chi connectivity index (χ2n) is 6.20. The normalized spacial score (nSPS) is 22.6. The predicted octanol–water partition coefficient (Wildman–Crippen LogP) is 1.69. The Kier molecular flexibility index (Phi) is 5.41. The molecule has 3 rings (SSSR count). The van der Waals surface area contributed by atoms with Crippen LogP contribution >= 0.6 is 11.6 Å². The third-order valence-electron chi connectivity index (χ3n) is 4.26. The molecule has 1 aliphatic heterocycles. The zero-order valence-electron chi connectivity index (χ0n) is 13.7. The van der Waals surface area contributed by atoms with Crippen LogP contribution in [0.15, 0.2) is 59.5 Å². The van der Waals surface area contributed by atoms with Crippen LogP contribution in [-0.2, 0) is 26.4 Å². The van der Waals surface area contributed by atoms with Crippen LogP contribution in [0.5, 0.6) is 0 Å². The van der Waals surface area contributed by atoms with Gasteiger partial charge in [0.05, 0.1) is 28.5 Å². The fourth-order valence-electron chi connectivity index (χ4n) is 2.97. The first-order valence-electron chi connectivity index (χ1n) is 7.89. The lowest BCUT2D eigenvalue weighted by molar-refractivity contribution is 0.125. The summed E-state index contributed by atoms with van der Waals surface area (Å²) in [6, 6.07) is 13.4. The molecule has 0 radical (unpaired) electrons. The first kappa shape index (κ1) is 19.3. The minimum absolute atomic E-state index is 0.00525. The fourth-order valence-corrected chi connectivity index (χ4v) is 6.63. The van der Waals surface area contributed by atoms with Crippen LogP contribution in [0, 0.1) is 0 Å². The number of benzene rings is 2. The first-order chi connectivity index (χ1) is 12.2. The number of sulfone groups is 1. The van der Waals surface area contributed by atoms with Crippen molar-refractivity contribution in [2.45, 2.75) is 23.6 Å². The Hall–Kier alpha value is -1.45. The summed E-state index contributed by atoms with van der Waals surface area (Å²) >= 11 is 5.83. The van der Waals surface area contributed by atoms with Crippen LogP contribution < -0.4 is 0 Å². The van der Waals surface area contributed by atoms with E-state index in [2.05, 4.69) is 0 Å². The summed E-state index contributed by atoms with van der Waals surface area (Å²) in [5.74, 6) is -0.854. The molecule has 26 heavy (non-hydrogen) atoms. The van der Waals surface area contributed by atoms with Gasteiger partial charge in [0.25, 0.3) is 0 Å². The van der Waals surface area contributed by atoms with Gasteiger partial charge in [-0.2, -0.15) is 4.31 Å². The van der Waals surface area contributed by atoms with Gasteiger partial charge in [-0.15, -0.1) is 0 Å². The maximum atomic E-state index is 13.2. The topological polar surface area (TPSA) is 91.8 Å². The SMILES string of the molecule is O=S1(=O)C[C@@H](O)[C@H](N(Cc2ccccc2)S(=O)(=O)c2ccc(Cl)cc2)C1. The number of aliphatic hydroxyl groups excluding tert-OH is 1. The summed E-state index contributed by atoms with van der Waals surface area (Å²) in [5.41, 5.74) is 0.696. The molecule has 1 heterocycles. The molecule has 0 bridgehead atoms. The average Bonchev–Trinajstić information content (AvgIpc) is 2.86. The number of sulfonamides is 1. The molecule has 2 atom stereocenters. The van der Waals surface area contributed by atoms with Crippen LogP contribution in [0.3, 0.4) is 0 Å². The standard InChI is InChI=1S/C17H18ClNO5S2/c18-14-6-8-15(9-7-14)26(23,24)19(10-13-4-2-1-3-5-13)16-11-25(21,22)12-17(16)20/h1-9,16-17,20H,10-12H2/t16-,17-/m1/s1. The van der Waals surface area contributed by atoms with Gasteiger partial charge in [0.2, 0.25) is 10.0 Å². The molecule has 1 saturated heterocycles. The first-order valence-corrected chi connectivity index (χ1v) is 11.5. The van der Waals surface area contributed by atoms with E-state index in [1.54, 1.807) is 30.3 Å². The molecule has 1 N–H and O–H groups in total. The lowest BCUT2D eigenvalue weighted by Crippen LogP contribution is -2.46. The highest BCUT2D eigenvalue weighted by Crippen LogP contribution is 2.28. The predicted molar refractivity (Wildman–Crippen MR) is 99.1 cm³/mol. The largest absolute Gasteiger partial charge is 0.390 e. The van der Waals surface area contributed by atoms with Crippen molar-refractivity contribution in [1.82, 2.24) is 4.31 Å². The Balaban J connectivity index is 2.04. The second-order valence-corrected chi connectivity index (χ2v) is 10.7. The van der Waals surface area contributed by atoms with Crippen LogP contribution in [0.25, 0.3) is 0 Å². The van der Waals surface area contributed by atoms with Crippen LogP contribution in [0.2, 0.25) is 5.02 Å². The van der Waals surface area contributed by atoms with Gasteiger partial charge in [-0.25, -0.2) is 16.8 Å². The molecular formula is C17H18ClNO5S2. The summed E-state index contributed by atoms with van der Waals surface area (Å²) in [6.07, 6.45) is -1.27. The molecule has 1 aliphatic rings. The van der Waals surface area contributed by atoms with Crippen molar-refractivity contribution < 1.29 is 21.9 Å². The summed E-state index contributed by atoms with van der Waals surface area (Å²) in [7, 11) is -7.54. The second kappa shape index (κ2) is 7.28. The van der Waals surface area contributed by atoms with Gasteiger partial charge >= 0.3 is 0 Å². The number of aliphatic hydroxyl groups is 1. The minimum Gasteiger partial charge on any atom is -0.390 e. The third-order valence-corrected chi connectivity index (χ3v) is 8.10. The van der Waals surface area contributed by atoms with E-state index in [1.165, 1.54) is 24.3 Å².